The van der Waals surface area contributed by atoms with Gasteiger partial charge in [-0.1, -0.05) is 42.5 Å². The summed E-state index contributed by atoms with van der Waals surface area (Å²) in [5, 5.41) is 6.69. The van der Waals surface area contributed by atoms with Crippen LogP contribution in [0, 0.1) is 0 Å². The molecule has 2 aromatic carbocycles. The number of nitrogens with one attached hydrogen (secondary N) is 2. The highest BCUT2D eigenvalue weighted by Crippen LogP contribution is 2.17. The normalized spacial score (nSPS) is 13.7. The molecule has 0 saturated carbocycles. The van der Waals surface area contributed by atoms with E-state index in [9.17, 15) is 4.79 Å². The molecule has 1 aliphatic heterocycles. The molecule has 0 spiro atoms. The Balaban J connectivity index is 0.00000320. The number of carbonyl (C=O) groups is 1. The average molecular weight is 522 g/mol. The zero-order valence-electron chi connectivity index (χ0n) is 17.7. The average Bonchev–Trinajstić information content (AvgIpc) is 3.14. The molecule has 0 aliphatic carbocycles. The van der Waals surface area contributed by atoms with Crippen molar-refractivity contribution in [3.05, 3.63) is 65.2 Å². The third-order valence-electron chi connectivity index (χ3n) is 4.94. The van der Waals surface area contributed by atoms with Gasteiger partial charge in [0, 0.05) is 45.2 Å². The number of likely N-dealkylation sites (tertiary alicyclic amines) is 1. The molecule has 162 valence electrons. The van der Waals surface area contributed by atoms with E-state index in [-0.39, 0.29) is 29.9 Å². The van der Waals surface area contributed by atoms with Gasteiger partial charge in [0.2, 0.25) is 5.91 Å². The predicted molar refractivity (Wildman–Crippen MR) is 131 cm³/mol. The number of guanidine groups is 1. The van der Waals surface area contributed by atoms with Crippen LogP contribution >= 0.6 is 24.0 Å². The van der Waals surface area contributed by atoms with E-state index in [1.54, 1.807) is 7.05 Å². The van der Waals surface area contributed by atoms with Gasteiger partial charge in [0.1, 0.15) is 5.75 Å². The molecule has 1 fully saturated rings. The third kappa shape index (κ3) is 6.90. The minimum Gasteiger partial charge on any atom is -0.494 e. The number of hydrogen-bond acceptors (Lipinski definition) is 3. The van der Waals surface area contributed by atoms with Gasteiger partial charge in [-0.3, -0.25) is 9.79 Å². The molecule has 0 radical (unpaired) electrons. The molecule has 1 amide bonds. The molecule has 0 bridgehead atoms. The van der Waals surface area contributed by atoms with E-state index >= 15 is 0 Å². The van der Waals surface area contributed by atoms with Crippen LogP contribution in [0.3, 0.4) is 0 Å². The maximum absolute atomic E-state index is 11.9. The van der Waals surface area contributed by atoms with Crippen LogP contribution < -0.4 is 15.4 Å². The highest BCUT2D eigenvalue weighted by molar-refractivity contribution is 14.0. The number of nitrogens with zero attached hydrogens (tertiary/aromatic N) is 2. The van der Waals surface area contributed by atoms with Crippen molar-refractivity contribution in [2.75, 3.05) is 20.2 Å². The summed E-state index contributed by atoms with van der Waals surface area (Å²) in [6.45, 7) is 5.47. The van der Waals surface area contributed by atoms with Crippen LogP contribution in [0.15, 0.2) is 53.5 Å². The zero-order valence-corrected chi connectivity index (χ0v) is 20.0. The molecular weight excluding hydrogens is 491 g/mol. The summed E-state index contributed by atoms with van der Waals surface area (Å²) in [7, 11) is 1.76. The first-order valence-corrected chi connectivity index (χ1v) is 10.2. The standard InChI is InChI=1S/C23H30N4O2.HI/c1-3-29-21-11-5-4-10-20(21)16-26-23(24-2)25-15-18-8-6-9-19(14-18)17-27-13-7-12-22(27)28;/h4-6,8-11,14H,3,7,12-13,15-17H2,1-2H3,(H2,24,25,26);1H. The second kappa shape index (κ2) is 12.4. The smallest absolute Gasteiger partial charge is 0.222 e. The second-order valence-corrected chi connectivity index (χ2v) is 7.06. The molecule has 30 heavy (non-hydrogen) atoms. The maximum atomic E-state index is 11.9. The van der Waals surface area contributed by atoms with Crippen LogP contribution in [0.1, 0.15) is 36.5 Å². The van der Waals surface area contributed by atoms with Crippen molar-refractivity contribution in [1.82, 2.24) is 15.5 Å². The van der Waals surface area contributed by atoms with E-state index in [0.29, 0.717) is 32.7 Å². The quantitative estimate of drug-likeness (QED) is 0.316. The lowest BCUT2D eigenvalue weighted by atomic mass is 10.1. The number of rotatable bonds is 8. The monoisotopic (exact) mass is 522 g/mol. The van der Waals surface area contributed by atoms with Crippen molar-refractivity contribution in [3.63, 3.8) is 0 Å². The fourth-order valence-corrected chi connectivity index (χ4v) is 3.46. The molecule has 7 heteroatoms. The number of para-hydroxylation sites is 1. The summed E-state index contributed by atoms with van der Waals surface area (Å²) in [5.74, 6) is 1.88. The van der Waals surface area contributed by atoms with Gasteiger partial charge in [0.05, 0.1) is 6.61 Å². The number of hydrogen-bond donors (Lipinski definition) is 2. The Bertz CT molecular complexity index is 857. The molecule has 3 rings (SSSR count). The van der Waals surface area contributed by atoms with Gasteiger partial charge in [-0.25, -0.2) is 0 Å². The summed E-state index contributed by atoms with van der Waals surface area (Å²) < 4.78 is 5.68. The largest absolute Gasteiger partial charge is 0.494 e. The van der Waals surface area contributed by atoms with Crippen LogP contribution in [0.5, 0.6) is 5.75 Å². The van der Waals surface area contributed by atoms with Gasteiger partial charge in [0.15, 0.2) is 5.96 Å². The van der Waals surface area contributed by atoms with Crippen LogP contribution in [-0.4, -0.2) is 37.0 Å². The Kier molecular flexibility index (Phi) is 9.93. The first kappa shape index (κ1) is 24.0. The number of benzene rings is 2. The van der Waals surface area contributed by atoms with Crippen LogP contribution in [0.2, 0.25) is 0 Å². The Hall–Kier alpha value is -2.29. The van der Waals surface area contributed by atoms with E-state index in [1.807, 2.05) is 42.2 Å². The number of halogens is 1. The summed E-state index contributed by atoms with van der Waals surface area (Å²) >= 11 is 0. The van der Waals surface area contributed by atoms with E-state index in [1.165, 1.54) is 0 Å². The lowest BCUT2D eigenvalue weighted by Crippen LogP contribution is -2.36. The Morgan fingerprint density at radius 1 is 1.10 bits per heavy atom. The van der Waals surface area contributed by atoms with Gasteiger partial charge < -0.3 is 20.3 Å². The van der Waals surface area contributed by atoms with E-state index < -0.39 is 0 Å². The highest BCUT2D eigenvalue weighted by Gasteiger charge is 2.19. The lowest BCUT2D eigenvalue weighted by Gasteiger charge is -2.17. The molecule has 1 heterocycles. The molecule has 0 aromatic heterocycles. The van der Waals surface area contributed by atoms with Crippen LogP contribution in [-0.2, 0) is 24.4 Å². The summed E-state index contributed by atoms with van der Waals surface area (Å²) in [5.41, 5.74) is 3.41. The van der Waals surface area contributed by atoms with Crippen molar-refractivity contribution in [2.24, 2.45) is 4.99 Å². The number of amides is 1. The lowest BCUT2D eigenvalue weighted by molar-refractivity contribution is -0.128. The second-order valence-electron chi connectivity index (χ2n) is 7.06. The summed E-state index contributed by atoms with van der Waals surface area (Å²) in [6.07, 6.45) is 1.64. The molecule has 1 aliphatic rings. The van der Waals surface area contributed by atoms with Gasteiger partial charge in [-0.2, -0.15) is 0 Å². The minimum atomic E-state index is 0. The van der Waals surface area contributed by atoms with E-state index in [4.69, 9.17) is 4.74 Å². The van der Waals surface area contributed by atoms with Crippen LogP contribution in [0.4, 0.5) is 0 Å². The molecular formula is C23H31IN4O2. The Morgan fingerprint density at radius 3 is 2.60 bits per heavy atom. The van der Waals surface area contributed by atoms with Crippen molar-refractivity contribution < 1.29 is 9.53 Å². The fraction of sp³-hybridized carbons (Fsp3) is 0.391. The first-order chi connectivity index (χ1) is 14.2. The molecule has 1 saturated heterocycles. The van der Waals surface area contributed by atoms with Crippen molar-refractivity contribution in [2.45, 2.75) is 39.4 Å². The van der Waals surface area contributed by atoms with Crippen LogP contribution in [0.25, 0.3) is 0 Å². The SMILES string of the molecule is CCOc1ccccc1CNC(=NC)NCc1cccc(CN2CCCC2=O)c1.I. The number of carbonyl (C=O) groups excluding carboxylic acids is 1. The number of ether oxygens (including phenoxy) is 1. The minimum absolute atomic E-state index is 0. The van der Waals surface area contributed by atoms with Gasteiger partial charge in [-0.15, -0.1) is 24.0 Å². The van der Waals surface area contributed by atoms with Gasteiger partial charge in [0.25, 0.3) is 0 Å². The van der Waals surface area contributed by atoms with Gasteiger partial charge >= 0.3 is 0 Å². The van der Waals surface area contributed by atoms with E-state index in [2.05, 4.69) is 33.8 Å². The summed E-state index contributed by atoms with van der Waals surface area (Å²) in [4.78, 5) is 18.1. The van der Waals surface area contributed by atoms with Crippen molar-refractivity contribution in [3.8, 4) is 5.75 Å². The number of aliphatic imine (C=N–C) groups is 1. The highest BCUT2D eigenvalue weighted by atomic mass is 127. The molecule has 0 atom stereocenters. The third-order valence-corrected chi connectivity index (χ3v) is 4.94. The first-order valence-electron chi connectivity index (χ1n) is 10.2. The Labute approximate surface area is 196 Å². The van der Waals surface area contributed by atoms with Crippen molar-refractivity contribution >= 4 is 35.8 Å². The summed E-state index contributed by atoms with van der Waals surface area (Å²) in [6, 6.07) is 16.4. The van der Waals surface area contributed by atoms with Gasteiger partial charge in [-0.05, 0) is 30.5 Å². The van der Waals surface area contributed by atoms with Crippen molar-refractivity contribution in [1.29, 1.82) is 0 Å². The fourth-order valence-electron chi connectivity index (χ4n) is 3.46. The molecule has 2 aromatic rings. The molecule has 2 N–H and O–H groups in total. The molecule has 6 nitrogen and oxygen atoms in total. The topological polar surface area (TPSA) is 66.0 Å². The molecule has 0 unspecified atom stereocenters. The zero-order chi connectivity index (χ0) is 20.5. The van der Waals surface area contributed by atoms with E-state index in [0.717, 1.165) is 41.4 Å². The maximum Gasteiger partial charge on any atom is 0.222 e. The predicted octanol–water partition coefficient (Wildman–Crippen LogP) is 3.69. The Morgan fingerprint density at radius 2 is 1.87 bits per heavy atom.